The predicted octanol–water partition coefficient (Wildman–Crippen LogP) is 20.6. The van der Waals surface area contributed by atoms with Gasteiger partial charge >= 0.3 is 5.97 Å². The van der Waals surface area contributed by atoms with Gasteiger partial charge in [-0.25, -0.2) is 0 Å². The summed E-state index contributed by atoms with van der Waals surface area (Å²) in [6, 6.07) is -0.544. The number of hydrogen-bond acceptors (Lipinski definition) is 5. The van der Waals surface area contributed by atoms with E-state index in [1.807, 2.05) is 0 Å². The molecule has 0 bridgehead atoms. The molecule has 0 rings (SSSR count). The predicted molar refractivity (Wildman–Crippen MR) is 315 cm³/mol. The molecule has 0 spiro atoms. The molecule has 0 radical (unpaired) electrons. The van der Waals surface area contributed by atoms with Gasteiger partial charge in [0.2, 0.25) is 5.91 Å². The third-order valence-corrected chi connectivity index (χ3v) is 15.2. The van der Waals surface area contributed by atoms with Crippen molar-refractivity contribution >= 4 is 11.9 Å². The monoisotopic (exact) mass is 1010 g/mol. The molecular formula is C66H127NO5. The van der Waals surface area contributed by atoms with E-state index >= 15 is 0 Å². The number of amides is 1. The van der Waals surface area contributed by atoms with Gasteiger partial charge in [-0.3, -0.25) is 9.59 Å². The highest BCUT2D eigenvalue weighted by atomic mass is 16.5. The third-order valence-electron chi connectivity index (χ3n) is 15.2. The van der Waals surface area contributed by atoms with E-state index in [2.05, 4.69) is 43.5 Å². The van der Waals surface area contributed by atoms with Gasteiger partial charge in [-0.2, -0.15) is 0 Å². The summed E-state index contributed by atoms with van der Waals surface area (Å²) in [7, 11) is 0. The van der Waals surface area contributed by atoms with Crippen LogP contribution in [0.5, 0.6) is 0 Å². The average Bonchev–Trinajstić information content (AvgIpc) is 3.38. The number of aliphatic hydroxyl groups is 2. The summed E-state index contributed by atoms with van der Waals surface area (Å²) in [5.74, 6) is -0.0306. The molecule has 0 heterocycles. The molecule has 6 heteroatoms. The average molecular weight is 1010 g/mol. The maximum absolute atomic E-state index is 12.5. The number of ether oxygens (including phenoxy) is 1. The molecule has 0 aromatic rings. The van der Waals surface area contributed by atoms with Gasteiger partial charge in [-0.15, -0.1) is 0 Å². The fourth-order valence-electron chi connectivity index (χ4n) is 10.2. The van der Waals surface area contributed by atoms with Gasteiger partial charge in [0.15, 0.2) is 0 Å². The van der Waals surface area contributed by atoms with Crippen molar-refractivity contribution in [2.75, 3.05) is 13.2 Å². The molecule has 0 fully saturated rings. The topological polar surface area (TPSA) is 95.9 Å². The van der Waals surface area contributed by atoms with Gasteiger partial charge < -0.3 is 20.3 Å². The molecule has 72 heavy (non-hydrogen) atoms. The molecule has 0 saturated carbocycles. The van der Waals surface area contributed by atoms with Crippen molar-refractivity contribution in [3.63, 3.8) is 0 Å². The van der Waals surface area contributed by atoms with Crippen molar-refractivity contribution in [3.05, 3.63) is 24.3 Å². The highest BCUT2D eigenvalue weighted by molar-refractivity contribution is 5.76. The maximum Gasteiger partial charge on any atom is 0.305 e. The molecule has 0 aliphatic heterocycles. The van der Waals surface area contributed by atoms with Gasteiger partial charge in [0.05, 0.1) is 25.4 Å². The second-order valence-electron chi connectivity index (χ2n) is 22.4. The maximum atomic E-state index is 12.5. The third kappa shape index (κ3) is 57.6. The summed E-state index contributed by atoms with van der Waals surface area (Å²) < 4.78 is 5.47. The molecule has 0 aliphatic rings. The van der Waals surface area contributed by atoms with Gasteiger partial charge in [-0.05, 0) is 77.0 Å². The quantitative estimate of drug-likeness (QED) is 0.0320. The van der Waals surface area contributed by atoms with E-state index in [9.17, 15) is 19.8 Å². The van der Waals surface area contributed by atoms with Crippen LogP contribution in [0.1, 0.15) is 361 Å². The number of hydrogen-bond donors (Lipinski definition) is 3. The van der Waals surface area contributed by atoms with Crippen molar-refractivity contribution in [2.24, 2.45) is 0 Å². The number of carbonyl (C=O) groups is 2. The molecule has 2 unspecified atom stereocenters. The largest absolute Gasteiger partial charge is 0.466 e. The van der Waals surface area contributed by atoms with Crippen LogP contribution in [-0.2, 0) is 14.3 Å². The van der Waals surface area contributed by atoms with E-state index in [1.165, 1.54) is 283 Å². The summed E-state index contributed by atoms with van der Waals surface area (Å²) in [5, 5.41) is 23.3. The molecule has 2 atom stereocenters. The zero-order chi connectivity index (χ0) is 52.2. The van der Waals surface area contributed by atoms with Crippen LogP contribution >= 0.6 is 0 Å². The number of esters is 1. The molecule has 426 valence electrons. The lowest BCUT2D eigenvalue weighted by atomic mass is 10.0. The second-order valence-corrected chi connectivity index (χ2v) is 22.4. The Labute approximate surface area is 450 Å². The Kier molecular flexibility index (Phi) is 60.5. The van der Waals surface area contributed by atoms with Crippen LogP contribution in [0.2, 0.25) is 0 Å². The van der Waals surface area contributed by atoms with E-state index in [-0.39, 0.29) is 18.5 Å². The minimum Gasteiger partial charge on any atom is -0.466 e. The first-order valence-corrected chi connectivity index (χ1v) is 32.6. The van der Waals surface area contributed by atoms with E-state index in [4.69, 9.17) is 4.74 Å². The minimum atomic E-state index is -0.666. The Morgan fingerprint density at radius 1 is 0.375 bits per heavy atom. The summed E-state index contributed by atoms with van der Waals surface area (Å²) in [6.07, 6.45) is 76.3. The highest BCUT2D eigenvalue weighted by Crippen LogP contribution is 2.18. The first-order valence-electron chi connectivity index (χ1n) is 32.6. The number of rotatable bonds is 61. The Hall–Kier alpha value is -1.66. The fourth-order valence-corrected chi connectivity index (χ4v) is 10.2. The zero-order valence-electron chi connectivity index (χ0n) is 48.7. The Morgan fingerprint density at radius 2 is 0.653 bits per heavy atom. The Morgan fingerprint density at radius 3 is 1.00 bits per heavy atom. The number of unbranched alkanes of at least 4 members (excludes halogenated alkanes) is 46. The van der Waals surface area contributed by atoms with Crippen molar-refractivity contribution in [3.8, 4) is 0 Å². The normalized spacial score (nSPS) is 12.7. The zero-order valence-corrected chi connectivity index (χ0v) is 48.7. The number of aliphatic hydroxyl groups excluding tert-OH is 2. The molecule has 0 aliphatic carbocycles. The summed E-state index contributed by atoms with van der Waals surface area (Å²) >= 11 is 0. The minimum absolute atomic E-state index is 0.00465. The molecule has 6 nitrogen and oxygen atoms in total. The molecule has 0 aromatic heterocycles. The van der Waals surface area contributed by atoms with Gasteiger partial charge in [0.25, 0.3) is 0 Å². The summed E-state index contributed by atoms with van der Waals surface area (Å²) in [6.45, 7) is 4.96. The van der Waals surface area contributed by atoms with Crippen LogP contribution in [-0.4, -0.2) is 47.4 Å². The van der Waals surface area contributed by atoms with Crippen LogP contribution < -0.4 is 5.32 Å². The van der Waals surface area contributed by atoms with E-state index in [0.717, 1.165) is 44.9 Å². The van der Waals surface area contributed by atoms with Gasteiger partial charge in [-0.1, -0.05) is 295 Å². The van der Waals surface area contributed by atoms with Crippen LogP contribution in [0, 0.1) is 0 Å². The van der Waals surface area contributed by atoms with Crippen molar-refractivity contribution in [2.45, 2.75) is 373 Å². The standard InChI is InChI=1S/C66H127NO5/c1-3-5-7-9-11-13-15-17-18-28-31-35-38-42-46-50-54-58-64(69)63(62-68)67-65(70)59-55-51-47-43-39-36-32-29-26-24-22-20-19-21-23-25-27-30-33-37-41-45-49-53-57-61-72-66(71)60-56-52-48-44-40-34-16-14-12-10-8-6-4-2/h14,16,20,22,63-64,68-69H,3-13,15,17-19,21,23-62H2,1-2H3,(H,67,70)/b16-14-,22-20-. The summed E-state index contributed by atoms with van der Waals surface area (Å²) in [4.78, 5) is 24.5. The number of carbonyl (C=O) groups excluding carboxylic acids is 2. The van der Waals surface area contributed by atoms with Crippen molar-refractivity contribution in [1.29, 1.82) is 0 Å². The van der Waals surface area contributed by atoms with Crippen LogP contribution in [0.4, 0.5) is 0 Å². The molecule has 3 N–H and O–H groups in total. The molecule has 1 amide bonds. The first-order chi connectivity index (χ1) is 35.5. The van der Waals surface area contributed by atoms with Crippen molar-refractivity contribution < 1.29 is 24.5 Å². The lowest BCUT2D eigenvalue weighted by molar-refractivity contribution is -0.143. The van der Waals surface area contributed by atoms with Gasteiger partial charge in [0.1, 0.15) is 0 Å². The molecular weight excluding hydrogens is 887 g/mol. The Balaban J connectivity index is 3.40. The fraction of sp³-hybridized carbons (Fsp3) is 0.909. The smallest absolute Gasteiger partial charge is 0.305 e. The lowest BCUT2D eigenvalue weighted by Gasteiger charge is -2.22. The number of allylic oxidation sites excluding steroid dienone is 4. The Bertz CT molecular complexity index is 1120. The number of nitrogens with one attached hydrogen (secondary N) is 1. The highest BCUT2D eigenvalue weighted by Gasteiger charge is 2.20. The van der Waals surface area contributed by atoms with E-state index < -0.39 is 12.1 Å². The SMILES string of the molecule is CCCCCC/C=C\CCCCCCCC(=O)OCCCCCCCCCCCCCC/C=C\CCCCCCCCCCCC(=O)NC(CO)C(O)CCCCCCCCCCCCCCCCCCC. The summed E-state index contributed by atoms with van der Waals surface area (Å²) in [5.41, 5.74) is 0. The second kappa shape index (κ2) is 61.9. The van der Waals surface area contributed by atoms with Crippen LogP contribution in [0.25, 0.3) is 0 Å². The van der Waals surface area contributed by atoms with Crippen LogP contribution in [0.15, 0.2) is 24.3 Å². The van der Waals surface area contributed by atoms with Crippen LogP contribution in [0.3, 0.4) is 0 Å². The molecule has 0 aromatic carbocycles. The van der Waals surface area contributed by atoms with E-state index in [1.54, 1.807) is 0 Å². The van der Waals surface area contributed by atoms with Gasteiger partial charge in [0, 0.05) is 12.8 Å². The van der Waals surface area contributed by atoms with Crippen molar-refractivity contribution in [1.82, 2.24) is 5.32 Å². The lowest BCUT2D eigenvalue weighted by Crippen LogP contribution is -2.45. The first kappa shape index (κ1) is 70.3. The molecule has 0 saturated heterocycles. The van der Waals surface area contributed by atoms with E-state index in [0.29, 0.717) is 25.9 Å².